The zero-order valence-electron chi connectivity index (χ0n) is 16.2. The van der Waals surface area contributed by atoms with Gasteiger partial charge >= 0.3 is 5.97 Å². The molecule has 0 amide bonds. The minimum absolute atomic E-state index is 0.0405. The Morgan fingerprint density at radius 3 is 3.10 bits per heavy atom. The van der Waals surface area contributed by atoms with Gasteiger partial charge in [-0.05, 0) is 48.8 Å². The first-order valence-electron chi connectivity index (χ1n) is 9.99. The molecule has 0 radical (unpaired) electrons. The number of thiophene rings is 1. The maximum absolute atomic E-state index is 12.6. The van der Waals surface area contributed by atoms with E-state index in [9.17, 15) is 9.59 Å². The third-order valence-electron chi connectivity index (χ3n) is 5.78. The highest BCUT2D eigenvalue weighted by molar-refractivity contribution is 7.18. The van der Waals surface area contributed by atoms with E-state index in [1.54, 1.807) is 11.3 Å². The molecule has 1 N–H and O–H groups in total. The van der Waals surface area contributed by atoms with Crippen LogP contribution in [0.2, 0.25) is 0 Å². The molecular formula is C22H22N2O4S. The lowest BCUT2D eigenvalue weighted by atomic mass is 9.89. The largest absolute Gasteiger partial charge is 0.492 e. The summed E-state index contributed by atoms with van der Waals surface area (Å²) in [6.45, 7) is 2.50. The minimum atomic E-state index is -0.351. The van der Waals surface area contributed by atoms with Crippen molar-refractivity contribution >= 4 is 27.5 Å². The number of hydrogen-bond acceptors (Lipinski definition) is 6. The number of carbonyl (C=O) groups is 1. The van der Waals surface area contributed by atoms with Crippen LogP contribution in [-0.2, 0) is 35.4 Å². The first-order valence-corrected chi connectivity index (χ1v) is 10.8. The summed E-state index contributed by atoms with van der Waals surface area (Å²) >= 11 is 1.59. The van der Waals surface area contributed by atoms with Crippen molar-refractivity contribution in [3.05, 3.63) is 56.4 Å². The molecule has 1 aliphatic carbocycles. The molecule has 0 saturated heterocycles. The Balaban J connectivity index is 1.31. The van der Waals surface area contributed by atoms with Crippen molar-refractivity contribution in [1.29, 1.82) is 0 Å². The topological polar surface area (TPSA) is 81.3 Å². The van der Waals surface area contributed by atoms with Gasteiger partial charge in [-0.25, -0.2) is 4.98 Å². The predicted octanol–water partition coefficient (Wildman–Crippen LogP) is 3.40. The fourth-order valence-electron chi connectivity index (χ4n) is 4.20. The molecule has 3 heterocycles. The lowest BCUT2D eigenvalue weighted by Crippen LogP contribution is -2.30. The van der Waals surface area contributed by atoms with E-state index >= 15 is 0 Å². The van der Waals surface area contributed by atoms with E-state index < -0.39 is 0 Å². The molecule has 2 aliphatic rings. The number of carbonyl (C=O) groups excluding carboxylic acids is 1. The molecule has 2 atom stereocenters. The Morgan fingerprint density at radius 2 is 2.21 bits per heavy atom. The number of ether oxygens (including phenoxy) is 2. The molecule has 7 heteroatoms. The highest BCUT2D eigenvalue weighted by Crippen LogP contribution is 2.35. The van der Waals surface area contributed by atoms with Crippen molar-refractivity contribution in [2.45, 2.75) is 39.2 Å². The zero-order chi connectivity index (χ0) is 20.0. The standard InChI is InChI=1S/C22H22N2O4S/c1-12-6-7-15-17(8-12)29-21-19(15)20(25)23-18(24-21)11-28-22(26)14-9-13-4-2-3-5-16(13)27-10-14/h2-5,12,14H,6-11H2,1H3,(H,23,24,25)/t12-,14-/m0/s1. The molecular weight excluding hydrogens is 388 g/mol. The summed E-state index contributed by atoms with van der Waals surface area (Å²) in [6.07, 6.45) is 3.63. The second-order valence-electron chi connectivity index (χ2n) is 7.97. The maximum Gasteiger partial charge on any atom is 0.313 e. The fourth-order valence-corrected chi connectivity index (χ4v) is 5.60. The van der Waals surface area contributed by atoms with Crippen LogP contribution >= 0.6 is 11.3 Å². The summed E-state index contributed by atoms with van der Waals surface area (Å²) in [4.78, 5) is 34.5. The Kier molecular flexibility index (Phi) is 4.62. The number of hydrogen-bond donors (Lipinski definition) is 1. The monoisotopic (exact) mass is 410 g/mol. The lowest BCUT2D eigenvalue weighted by molar-refractivity contribution is -0.151. The summed E-state index contributed by atoms with van der Waals surface area (Å²) in [5.41, 5.74) is 2.02. The van der Waals surface area contributed by atoms with Crippen LogP contribution in [0.4, 0.5) is 0 Å². The number of aromatic amines is 1. The number of para-hydroxylation sites is 1. The first-order chi connectivity index (χ1) is 14.1. The highest BCUT2D eigenvalue weighted by Gasteiger charge is 2.28. The van der Waals surface area contributed by atoms with Gasteiger partial charge in [0.25, 0.3) is 5.56 Å². The van der Waals surface area contributed by atoms with Crippen molar-refractivity contribution in [3.8, 4) is 5.75 Å². The van der Waals surface area contributed by atoms with Gasteiger partial charge in [0.15, 0.2) is 0 Å². The van der Waals surface area contributed by atoms with Crippen molar-refractivity contribution in [2.75, 3.05) is 6.61 Å². The Morgan fingerprint density at radius 1 is 1.34 bits per heavy atom. The number of nitrogens with zero attached hydrogens (tertiary/aromatic N) is 1. The second-order valence-corrected chi connectivity index (χ2v) is 9.06. The first kappa shape index (κ1) is 18.4. The van der Waals surface area contributed by atoms with Crippen LogP contribution in [0.15, 0.2) is 29.1 Å². The second kappa shape index (κ2) is 7.30. The van der Waals surface area contributed by atoms with Gasteiger partial charge in [-0.2, -0.15) is 0 Å². The average Bonchev–Trinajstić information content (AvgIpc) is 3.09. The van der Waals surface area contributed by atoms with Crippen LogP contribution in [-0.4, -0.2) is 22.5 Å². The van der Waals surface area contributed by atoms with E-state index in [1.165, 1.54) is 4.88 Å². The van der Waals surface area contributed by atoms with Crippen LogP contribution in [0, 0.1) is 11.8 Å². The third kappa shape index (κ3) is 3.44. The quantitative estimate of drug-likeness (QED) is 0.670. The van der Waals surface area contributed by atoms with Crippen LogP contribution in [0.25, 0.3) is 10.2 Å². The number of esters is 1. The summed E-state index contributed by atoms with van der Waals surface area (Å²) in [6, 6.07) is 7.71. The van der Waals surface area contributed by atoms with Gasteiger partial charge in [0.1, 0.15) is 29.6 Å². The van der Waals surface area contributed by atoms with Crippen molar-refractivity contribution in [2.24, 2.45) is 11.8 Å². The van der Waals surface area contributed by atoms with E-state index in [1.807, 2.05) is 24.3 Å². The van der Waals surface area contributed by atoms with E-state index in [0.717, 1.165) is 41.0 Å². The van der Waals surface area contributed by atoms with Gasteiger partial charge in [-0.3, -0.25) is 9.59 Å². The maximum atomic E-state index is 12.6. The average molecular weight is 410 g/mol. The molecule has 6 nitrogen and oxygen atoms in total. The van der Waals surface area contributed by atoms with Crippen LogP contribution in [0.5, 0.6) is 5.75 Å². The Labute approximate surface area is 171 Å². The number of benzene rings is 1. The Hall–Kier alpha value is -2.67. The molecule has 2 aromatic heterocycles. The molecule has 1 aromatic carbocycles. The molecule has 0 spiro atoms. The number of aromatic nitrogens is 2. The van der Waals surface area contributed by atoms with E-state index in [2.05, 4.69) is 16.9 Å². The van der Waals surface area contributed by atoms with E-state index in [0.29, 0.717) is 30.2 Å². The Bertz CT molecular complexity index is 1150. The number of rotatable bonds is 3. The smallest absolute Gasteiger partial charge is 0.313 e. The zero-order valence-corrected chi connectivity index (χ0v) is 17.0. The minimum Gasteiger partial charge on any atom is -0.492 e. The number of fused-ring (bicyclic) bond motifs is 4. The summed E-state index contributed by atoms with van der Waals surface area (Å²) in [5.74, 6) is 1.17. The molecule has 3 aromatic rings. The van der Waals surface area contributed by atoms with E-state index in [4.69, 9.17) is 9.47 Å². The molecule has 0 saturated carbocycles. The van der Waals surface area contributed by atoms with Crippen molar-refractivity contribution < 1.29 is 14.3 Å². The van der Waals surface area contributed by atoms with Gasteiger partial charge < -0.3 is 14.5 Å². The molecule has 0 bridgehead atoms. The molecule has 0 fully saturated rings. The van der Waals surface area contributed by atoms with Gasteiger partial charge in [0.05, 0.1) is 11.3 Å². The van der Waals surface area contributed by atoms with Gasteiger partial charge in [0, 0.05) is 4.88 Å². The van der Waals surface area contributed by atoms with Gasteiger partial charge in [-0.1, -0.05) is 25.1 Å². The number of nitrogens with one attached hydrogen (secondary N) is 1. The normalized spacial score (nSPS) is 20.6. The lowest BCUT2D eigenvalue weighted by Gasteiger charge is -2.23. The molecule has 29 heavy (non-hydrogen) atoms. The van der Waals surface area contributed by atoms with Crippen molar-refractivity contribution in [3.63, 3.8) is 0 Å². The predicted molar refractivity (Wildman–Crippen MR) is 110 cm³/mol. The van der Waals surface area contributed by atoms with Crippen LogP contribution < -0.4 is 10.3 Å². The number of H-pyrrole nitrogens is 1. The summed E-state index contributed by atoms with van der Waals surface area (Å²) in [5, 5.41) is 0.712. The molecule has 150 valence electrons. The van der Waals surface area contributed by atoms with Gasteiger partial charge in [-0.15, -0.1) is 11.3 Å². The third-order valence-corrected chi connectivity index (χ3v) is 6.93. The van der Waals surface area contributed by atoms with Crippen LogP contribution in [0.1, 0.15) is 35.2 Å². The van der Waals surface area contributed by atoms with Crippen molar-refractivity contribution in [1.82, 2.24) is 9.97 Å². The SMILES string of the molecule is C[C@H]1CCc2c(sc3nc(COC(=O)[C@@H]4COc5ccccc5C4)[nH]c(=O)c23)C1. The molecule has 1 aliphatic heterocycles. The fraction of sp³-hybridized carbons (Fsp3) is 0.409. The summed E-state index contributed by atoms with van der Waals surface area (Å²) < 4.78 is 11.1. The summed E-state index contributed by atoms with van der Waals surface area (Å²) in [7, 11) is 0. The van der Waals surface area contributed by atoms with Crippen LogP contribution in [0.3, 0.4) is 0 Å². The molecule has 5 rings (SSSR count). The van der Waals surface area contributed by atoms with E-state index in [-0.39, 0.29) is 24.1 Å². The molecule has 0 unspecified atom stereocenters. The van der Waals surface area contributed by atoms with Gasteiger partial charge in [0.2, 0.25) is 0 Å². The highest BCUT2D eigenvalue weighted by atomic mass is 32.1. The number of aryl methyl sites for hydroxylation is 1.